The Labute approximate surface area is 175 Å². The van der Waals surface area contributed by atoms with Gasteiger partial charge in [0.1, 0.15) is 0 Å². The lowest BCUT2D eigenvalue weighted by Crippen LogP contribution is -2.14. The lowest BCUT2D eigenvalue weighted by Gasteiger charge is -2.08. The lowest BCUT2D eigenvalue weighted by molar-refractivity contribution is -0.115. The van der Waals surface area contributed by atoms with Crippen LogP contribution >= 0.6 is 11.3 Å². The van der Waals surface area contributed by atoms with Crippen molar-refractivity contribution >= 4 is 32.2 Å². The van der Waals surface area contributed by atoms with Gasteiger partial charge in [0, 0.05) is 10.9 Å². The minimum absolute atomic E-state index is 0.0547. The van der Waals surface area contributed by atoms with Crippen molar-refractivity contribution in [3.05, 3.63) is 64.0 Å². The lowest BCUT2D eigenvalue weighted by atomic mass is 9.98. The van der Waals surface area contributed by atoms with Gasteiger partial charge in [-0.1, -0.05) is 36.8 Å². The Morgan fingerprint density at radius 1 is 1.07 bits per heavy atom. The molecule has 0 saturated carbocycles. The predicted octanol–water partition coefficient (Wildman–Crippen LogP) is 4.71. The van der Waals surface area contributed by atoms with Gasteiger partial charge in [-0.15, -0.1) is 11.3 Å². The fourth-order valence-corrected chi connectivity index (χ4v) is 4.96. The highest BCUT2D eigenvalue weighted by Crippen LogP contribution is 2.31. The molecule has 0 saturated heterocycles. The second-order valence-corrected chi connectivity index (χ2v) is 10.2. The molecule has 0 fully saturated rings. The van der Waals surface area contributed by atoms with Gasteiger partial charge < -0.3 is 5.32 Å². The SMILES string of the molecule is CCS(=O)(=O)c1ccc(CC(=O)Nc2nc(-c3c(C)cc(C)cc3C)cs2)cc1. The van der Waals surface area contributed by atoms with Crippen LogP contribution in [0.4, 0.5) is 5.13 Å². The van der Waals surface area contributed by atoms with Gasteiger partial charge in [0.15, 0.2) is 15.0 Å². The maximum Gasteiger partial charge on any atom is 0.230 e. The first kappa shape index (κ1) is 21.2. The number of amides is 1. The molecule has 1 N–H and O–H groups in total. The summed E-state index contributed by atoms with van der Waals surface area (Å²) in [6.45, 7) is 7.81. The number of aryl methyl sites for hydroxylation is 3. The monoisotopic (exact) mass is 428 g/mol. The van der Waals surface area contributed by atoms with Crippen LogP contribution in [0.3, 0.4) is 0 Å². The molecule has 3 aromatic rings. The average Bonchev–Trinajstić information content (AvgIpc) is 3.09. The van der Waals surface area contributed by atoms with E-state index in [2.05, 4.69) is 43.2 Å². The number of thiazole rings is 1. The van der Waals surface area contributed by atoms with Crippen molar-refractivity contribution < 1.29 is 13.2 Å². The van der Waals surface area contributed by atoms with Gasteiger partial charge in [0.05, 0.1) is 22.8 Å². The third-order valence-electron chi connectivity index (χ3n) is 4.71. The Morgan fingerprint density at radius 3 is 2.28 bits per heavy atom. The summed E-state index contributed by atoms with van der Waals surface area (Å²) in [5, 5.41) is 5.34. The first-order chi connectivity index (χ1) is 13.7. The largest absolute Gasteiger partial charge is 0.302 e. The summed E-state index contributed by atoms with van der Waals surface area (Å²) in [6.07, 6.45) is 0.157. The van der Waals surface area contributed by atoms with Crippen LogP contribution in [0.5, 0.6) is 0 Å². The average molecular weight is 429 g/mol. The van der Waals surface area contributed by atoms with E-state index in [0.717, 1.165) is 27.9 Å². The van der Waals surface area contributed by atoms with Crippen LogP contribution < -0.4 is 5.32 Å². The minimum Gasteiger partial charge on any atom is -0.302 e. The summed E-state index contributed by atoms with van der Waals surface area (Å²) in [4.78, 5) is 17.2. The highest BCUT2D eigenvalue weighted by atomic mass is 32.2. The predicted molar refractivity (Wildman–Crippen MR) is 118 cm³/mol. The summed E-state index contributed by atoms with van der Waals surface area (Å²) in [6, 6.07) is 10.7. The maximum absolute atomic E-state index is 12.4. The molecule has 3 rings (SSSR count). The smallest absolute Gasteiger partial charge is 0.230 e. The Balaban J connectivity index is 1.70. The van der Waals surface area contributed by atoms with Gasteiger partial charge in [-0.3, -0.25) is 4.79 Å². The van der Waals surface area contributed by atoms with Crippen LogP contribution in [0.15, 0.2) is 46.7 Å². The number of nitrogens with one attached hydrogen (secondary N) is 1. The maximum atomic E-state index is 12.4. The number of aromatic nitrogens is 1. The van der Waals surface area contributed by atoms with Gasteiger partial charge in [-0.25, -0.2) is 13.4 Å². The van der Waals surface area contributed by atoms with Crippen molar-refractivity contribution in [3.63, 3.8) is 0 Å². The summed E-state index contributed by atoms with van der Waals surface area (Å²) < 4.78 is 23.8. The number of carbonyl (C=O) groups is 1. The van der Waals surface area contributed by atoms with Crippen molar-refractivity contribution in [2.24, 2.45) is 0 Å². The molecule has 0 radical (unpaired) electrons. The highest BCUT2D eigenvalue weighted by Gasteiger charge is 2.14. The molecule has 1 aromatic heterocycles. The molecule has 29 heavy (non-hydrogen) atoms. The standard InChI is InChI=1S/C22H24N2O3S2/c1-5-29(26,27)18-8-6-17(7-9-18)12-20(25)24-22-23-19(13-28-22)21-15(3)10-14(2)11-16(21)4/h6-11,13H,5,12H2,1-4H3,(H,23,24,25). The van der Waals surface area contributed by atoms with E-state index in [-0.39, 0.29) is 23.0 Å². The molecule has 0 aliphatic heterocycles. The minimum atomic E-state index is -3.23. The van der Waals surface area contributed by atoms with Crippen LogP contribution in [-0.2, 0) is 21.1 Å². The van der Waals surface area contributed by atoms with Crippen LogP contribution in [0.25, 0.3) is 11.3 Å². The van der Waals surface area contributed by atoms with Gasteiger partial charge in [0.2, 0.25) is 5.91 Å². The van der Waals surface area contributed by atoms with E-state index in [1.54, 1.807) is 31.2 Å². The van der Waals surface area contributed by atoms with Crippen LogP contribution in [0.2, 0.25) is 0 Å². The second-order valence-electron chi connectivity index (χ2n) is 7.08. The van der Waals surface area contributed by atoms with Crippen LogP contribution in [0.1, 0.15) is 29.2 Å². The topological polar surface area (TPSA) is 76.1 Å². The van der Waals surface area contributed by atoms with Crippen molar-refractivity contribution in [1.82, 2.24) is 4.98 Å². The molecule has 7 heteroatoms. The van der Waals surface area contributed by atoms with E-state index in [0.29, 0.717) is 5.13 Å². The van der Waals surface area contributed by atoms with Gasteiger partial charge in [-0.2, -0.15) is 0 Å². The molecule has 0 atom stereocenters. The van der Waals surface area contributed by atoms with E-state index in [1.165, 1.54) is 16.9 Å². The quantitative estimate of drug-likeness (QED) is 0.617. The zero-order chi connectivity index (χ0) is 21.2. The fourth-order valence-electron chi connectivity index (χ4n) is 3.36. The molecule has 1 amide bonds. The summed E-state index contributed by atoms with van der Waals surface area (Å²) in [5.74, 6) is -0.131. The molecule has 0 spiro atoms. The van der Waals surface area contributed by atoms with Crippen molar-refractivity contribution in [1.29, 1.82) is 0 Å². The molecule has 0 unspecified atom stereocenters. The number of benzene rings is 2. The summed E-state index contributed by atoms with van der Waals surface area (Å²) >= 11 is 1.39. The molecular formula is C22H24N2O3S2. The van der Waals surface area contributed by atoms with Gasteiger partial charge in [-0.05, 0) is 49.6 Å². The first-order valence-electron chi connectivity index (χ1n) is 9.35. The first-order valence-corrected chi connectivity index (χ1v) is 11.9. The van der Waals surface area contributed by atoms with Crippen molar-refractivity contribution in [2.45, 2.75) is 39.0 Å². The third-order valence-corrected chi connectivity index (χ3v) is 7.22. The molecule has 5 nitrogen and oxygen atoms in total. The van der Waals surface area contributed by atoms with Crippen molar-refractivity contribution in [2.75, 3.05) is 11.1 Å². The zero-order valence-electron chi connectivity index (χ0n) is 16.9. The van der Waals surface area contributed by atoms with Crippen LogP contribution in [0, 0.1) is 20.8 Å². The number of hydrogen-bond donors (Lipinski definition) is 1. The Morgan fingerprint density at radius 2 is 1.69 bits per heavy atom. The number of sulfone groups is 1. The van der Waals surface area contributed by atoms with E-state index < -0.39 is 9.84 Å². The summed E-state index contributed by atoms with van der Waals surface area (Å²) in [5.41, 5.74) is 6.24. The van der Waals surface area contributed by atoms with E-state index in [9.17, 15) is 13.2 Å². The zero-order valence-corrected chi connectivity index (χ0v) is 18.6. The highest BCUT2D eigenvalue weighted by molar-refractivity contribution is 7.91. The third kappa shape index (κ3) is 4.92. The van der Waals surface area contributed by atoms with Gasteiger partial charge >= 0.3 is 0 Å². The van der Waals surface area contributed by atoms with Gasteiger partial charge in [0.25, 0.3) is 0 Å². The van der Waals surface area contributed by atoms with Crippen molar-refractivity contribution in [3.8, 4) is 11.3 Å². The second kappa shape index (κ2) is 8.47. The molecule has 152 valence electrons. The number of carbonyl (C=O) groups excluding carboxylic acids is 1. The molecule has 0 aliphatic carbocycles. The Kier molecular flexibility index (Phi) is 6.19. The molecular weight excluding hydrogens is 404 g/mol. The summed E-state index contributed by atoms with van der Waals surface area (Å²) in [7, 11) is -3.23. The van der Waals surface area contributed by atoms with Crippen LogP contribution in [-0.4, -0.2) is 25.1 Å². The Bertz CT molecular complexity index is 1120. The van der Waals surface area contributed by atoms with E-state index in [4.69, 9.17) is 0 Å². The molecule has 1 heterocycles. The Hall–Kier alpha value is -2.51. The van der Waals surface area contributed by atoms with E-state index >= 15 is 0 Å². The molecule has 2 aromatic carbocycles. The fraction of sp³-hybridized carbons (Fsp3) is 0.273. The number of anilines is 1. The number of rotatable bonds is 6. The van der Waals surface area contributed by atoms with E-state index in [1.807, 2.05) is 5.38 Å². The number of nitrogens with zero attached hydrogens (tertiary/aromatic N) is 1. The normalized spacial score (nSPS) is 11.4. The molecule has 0 aliphatic rings. The number of hydrogen-bond acceptors (Lipinski definition) is 5. The molecule has 0 bridgehead atoms.